The molecule has 66 valence electrons. The summed E-state index contributed by atoms with van der Waals surface area (Å²) in [7, 11) is 0. The molecule has 1 aromatic rings. The predicted octanol–water partition coefficient (Wildman–Crippen LogP) is 1.86. The Kier molecular flexibility index (Phi) is 2.33. The van der Waals surface area contributed by atoms with Crippen LogP contribution >= 0.6 is 0 Å². The number of hydrogen-bond acceptors (Lipinski definition) is 2. The second-order valence-electron chi connectivity index (χ2n) is 2.96. The van der Waals surface area contributed by atoms with Gasteiger partial charge in [0.25, 0.3) is 0 Å². The molecule has 1 aromatic carbocycles. The van der Waals surface area contributed by atoms with Gasteiger partial charge in [0.2, 0.25) is 0 Å². The quantitative estimate of drug-likeness (QED) is 0.674. The maximum absolute atomic E-state index is 12.9. The van der Waals surface area contributed by atoms with Gasteiger partial charge < -0.3 is 10.8 Å². The van der Waals surface area contributed by atoms with Crippen LogP contribution in [0.25, 0.3) is 0 Å². The van der Waals surface area contributed by atoms with Gasteiger partial charge in [0.15, 0.2) is 11.6 Å². The summed E-state index contributed by atoms with van der Waals surface area (Å²) in [5, 5.41) is 9.10. The van der Waals surface area contributed by atoms with Crippen LogP contribution in [-0.4, -0.2) is 5.11 Å². The molecule has 0 aromatic heterocycles. The van der Waals surface area contributed by atoms with E-state index in [4.69, 9.17) is 10.8 Å². The molecular weight excluding hydrogens is 157 g/mol. The van der Waals surface area contributed by atoms with E-state index in [0.717, 1.165) is 5.56 Å². The Bertz CT molecular complexity index is 274. The van der Waals surface area contributed by atoms with Crippen molar-refractivity contribution in [3.63, 3.8) is 0 Å². The van der Waals surface area contributed by atoms with Crippen molar-refractivity contribution in [2.45, 2.75) is 19.9 Å². The fourth-order valence-corrected chi connectivity index (χ4v) is 1.04. The second-order valence-corrected chi connectivity index (χ2v) is 2.96. The molecule has 0 spiro atoms. The fraction of sp³-hybridized carbons (Fsp3) is 0.333. The first-order valence-corrected chi connectivity index (χ1v) is 3.77. The average molecular weight is 169 g/mol. The number of benzene rings is 1. The van der Waals surface area contributed by atoms with Crippen LogP contribution in [0.3, 0.4) is 0 Å². The van der Waals surface area contributed by atoms with Crippen molar-refractivity contribution in [1.29, 1.82) is 0 Å². The lowest BCUT2D eigenvalue weighted by Gasteiger charge is -2.08. The Labute approximate surface area is 70.8 Å². The van der Waals surface area contributed by atoms with Gasteiger partial charge in [0.05, 0.1) is 0 Å². The number of halogens is 1. The van der Waals surface area contributed by atoms with Crippen LogP contribution in [0.15, 0.2) is 12.1 Å². The van der Waals surface area contributed by atoms with Crippen molar-refractivity contribution in [1.82, 2.24) is 0 Å². The fourth-order valence-electron chi connectivity index (χ4n) is 1.04. The van der Waals surface area contributed by atoms with Crippen molar-refractivity contribution in [2.24, 2.45) is 5.73 Å². The van der Waals surface area contributed by atoms with Crippen LogP contribution in [0.2, 0.25) is 0 Å². The van der Waals surface area contributed by atoms with E-state index in [9.17, 15) is 4.39 Å². The monoisotopic (exact) mass is 169 g/mol. The van der Waals surface area contributed by atoms with E-state index in [-0.39, 0.29) is 11.8 Å². The molecule has 0 saturated carbocycles. The Morgan fingerprint density at radius 2 is 2.08 bits per heavy atom. The van der Waals surface area contributed by atoms with E-state index in [1.165, 1.54) is 6.07 Å². The minimum absolute atomic E-state index is 0.185. The number of aromatic hydroxyl groups is 1. The van der Waals surface area contributed by atoms with Crippen LogP contribution in [0.5, 0.6) is 5.75 Å². The third kappa shape index (κ3) is 1.56. The largest absolute Gasteiger partial charge is 0.505 e. The van der Waals surface area contributed by atoms with Crippen LogP contribution in [-0.2, 0) is 0 Å². The van der Waals surface area contributed by atoms with Crippen LogP contribution in [0.1, 0.15) is 24.1 Å². The lowest BCUT2D eigenvalue weighted by atomic mass is 10.1. The molecule has 1 atom stereocenters. The van der Waals surface area contributed by atoms with Crippen molar-refractivity contribution in [3.8, 4) is 5.75 Å². The third-order valence-corrected chi connectivity index (χ3v) is 1.78. The highest BCUT2D eigenvalue weighted by molar-refractivity contribution is 5.35. The van der Waals surface area contributed by atoms with Gasteiger partial charge in [0.1, 0.15) is 0 Å². The molecule has 0 bridgehead atoms. The maximum Gasteiger partial charge on any atom is 0.167 e. The van der Waals surface area contributed by atoms with Gasteiger partial charge in [-0.2, -0.15) is 0 Å². The van der Waals surface area contributed by atoms with E-state index in [1.54, 1.807) is 19.9 Å². The first kappa shape index (κ1) is 9.00. The van der Waals surface area contributed by atoms with Gasteiger partial charge >= 0.3 is 0 Å². The molecule has 0 aliphatic rings. The zero-order chi connectivity index (χ0) is 9.30. The summed E-state index contributed by atoms with van der Waals surface area (Å²) in [6, 6.07) is 2.81. The van der Waals surface area contributed by atoms with Gasteiger partial charge in [0, 0.05) is 6.04 Å². The van der Waals surface area contributed by atoms with Gasteiger partial charge in [-0.25, -0.2) is 4.39 Å². The first-order chi connectivity index (χ1) is 5.52. The van der Waals surface area contributed by atoms with Crippen molar-refractivity contribution < 1.29 is 9.50 Å². The number of nitrogens with two attached hydrogens (primary N) is 1. The number of hydrogen-bond donors (Lipinski definition) is 2. The number of rotatable bonds is 1. The van der Waals surface area contributed by atoms with Crippen LogP contribution in [0.4, 0.5) is 4.39 Å². The Morgan fingerprint density at radius 1 is 1.50 bits per heavy atom. The summed E-state index contributed by atoms with van der Waals surface area (Å²) in [5.74, 6) is -0.901. The minimum atomic E-state index is -0.570. The van der Waals surface area contributed by atoms with E-state index in [0.29, 0.717) is 5.56 Å². The molecule has 0 fully saturated rings. The highest BCUT2D eigenvalue weighted by Crippen LogP contribution is 2.23. The molecule has 0 amide bonds. The van der Waals surface area contributed by atoms with Crippen molar-refractivity contribution in [3.05, 3.63) is 29.1 Å². The summed E-state index contributed by atoms with van der Waals surface area (Å²) < 4.78 is 12.9. The number of aryl methyl sites for hydroxylation is 1. The maximum atomic E-state index is 12.9. The topological polar surface area (TPSA) is 46.2 Å². The normalized spacial score (nSPS) is 13.0. The minimum Gasteiger partial charge on any atom is -0.505 e. The van der Waals surface area contributed by atoms with E-state index in [2.05, 4.69) is 0 Å². The van der Waals surface area contributed by atoms with E-state index in [1.807, 2.05) is 0 Å². The number of phenolic OH excluding ortho intramolecular Hbond substituents is 1. The molecule has 0 saturated heterocycles. The molecular formula is C9H12FNO. The molecule has 3 N–H and O–H groups in total. The molecule has 1 unspecified atom stereocenters. The average Bonchev–Trinajstić information content (AvgIpc) is 1.99. The van der Waals surface area contributed by atoms with E-state index < -0.39 is 5.82 Å². The summed E-state index contributed by atoms with van der Waals surface area (Å²) in [6.45, 7) is 3.38. The zero-order valence-electron chi connectivity index (χ0n) is 7.13. The summed E-state index contributed by atoms with van der Waals surface area (Å²) in [6.07, 6.45) is 0. The third-order valence-electron chi connectivity index (χ3n) is 1.78. The highest BCUT2D eigenvalue weighted by atomic mass is 19.1. The van der Waals surface area contributed by atoms with Crippen LogP contribution < -0.4 is 5.73 Å². The van der Waals surface area contributed by atoms with E-state index >= 15 is 0 Å². The Balaban J connectivity index is 3.21. The first-order valence-electron chi connectivity index (χ1n) is 3.77. The Hall–Kier alpha value is -1.09. The lowest BCUT2D eigenvalue weighted by molar-refractivity contribution is 0.428. The predicted molar refractivity (Wildman–Crippen MR) is 45.4 cm³/mol. The highest BCUT2D eigenvalue weighted by Gasteiger charge is 2.08. The molecule has 0 aliphatic heterocycles. The molecule has 12 heavy (non-hydrogen) atoms. The van der Waals surface area contributed by atoms with Gasteiger partial charge in [-0.1, -0.05) is 6.07 Å². The lowest BCUT2D eigenvalue weighted by Crippen LogP contribution is -2.05. The molecule has 2 nitrogen and oxygen atoms in total. The van der Waals surface area contributed by atoms with Gasteiger partial charge in [-0.15, -0.1) is 0 Å². The number of phenols is 1. The molecule has 0 radical (unpaired) electrons. The zero-order valence-corrected chi connectivity index (χ0v) is 7.13. The second kappa shape index (κ2) is 3.11. The summed E-state index contributed by atoms with van der Waals surface area (Å²) in [4.78, 5) is 0. The summed E-state index contributed by atoms with van der Waals surface area (Å²) >= 11 is 0. The molecule has 0 heterocycles. The molecule has 0 aliphatic carbocycles. The van der Waals surface area contributed by atoms with Crippen LogP contribution in [0, 0.1) is 12.7 Å². The smallest absolute Gasteiger partial charge is 0.167 e. The molecule has 1 rings (SSSR count). The standard InChI is InChI=1S/C9H12FNO/c1-5-3-7(6(2)11)4-8(12)9(5)10/h3-4,6,12H,11H2,1-2H3. The van der Waals surface area contributed by atoms with Gasteiger partial charge in [-0.05, 0) is 31.0 Å². The SMILES string of the molecule is Cc1cc(C(C)N)cc(O)c1F. The van der Waals surface area contributed by atoms with Crippen molar-refractivity contribution in [2.75, 3.05) is 0 Å². The van der Waals surface area contributed by atoms with Gasteiger partial charge in [-0.3, -0.25) is 0 Å². The summed E-state index contributed by atoms with van der Waals surface area (Å²) in [5.41, 5.74) is 6.73. The molecule has 3 heteroatoms. The Morgan fingerprint density at radius 3 is 2.50 bits per heavy atom. The van der Waals surface area contributed by atoms with Crippen molar-refractivity contribution >= 4 is 0 Å².